The molecule has 0 spiro atoms. The Kier molecular flexibility index (Phi) is 6.59. The fourth-order valence-electron chi connectivity index (χ4n) is 2.14. The topological polar surface area (TPSA) is 70.5 Å². The van der Waals surface area contributed by atoms with Crippen LogP contribution >= 0.6 is 0 Å². The highest BCUT2D eigenvalue weighted by Gasteiger charge is 2.34. The van der Waals surface area contributed by atoms with E-state index in [-0.39, 0.29) is 18.9 Å². The van der Waals surface area contributed by atoms with Gasteiger partial charge in [0.15, 0.2) is 5.69 Å². The molecule has 0 aliphatic rings. The number of nitrogens with zero attached hydrogens (tertiary/aromatic N) is 2. The number of hydrogen-bond acceptors (Lipinski definition) is 6. The van der Waals surface area contributed by atoms with Crippen molar-refractivity contribution in [1.82, 2.24) is 9.97 Å². The van der Waals surface area contributed by atoms with E-state index in [9.17, 15) is 18.0 Å². The Hall–Kier alpha value is -2.84. The van der Waals surface area contributed by atoms with Gasteiger partial charge in [0.1, 0.15) is 6.61 Å². The maximum atomic E-state index is 13.0. The van der Waals surface area contributed by atoms with Crippen LogP contribution in [0.4, 0.5) is 13.2 Å². The van der Waals surface area contributed by atoms with Crippen LogP contribution in [0.2, 0.25) is 0 Å². The van der Waals surface area contributed by atoms with Gasteiger partial charge in [-0.25, -0.2) is 0 Å². The Bertz CT molecular complexity index is 794. The Morgan fingerprint density at radius 1 is 1.15 bits per heavy atom. The van der Waals surface area contributed by atoms with Crippen molar-refractivity contribution in [3.63, 3.8) is 0 Å². The van der Waals surface area contributed by atoms with Gasteiger partial charge in [-0.1, -0.05) is 24.3 Å². The second-order valence-corrected chi connectivity index (χ2v) is 5.85. The monoisotopic (exact) mass is 384 g/mol. The van der Waals surface area contributed by atoms with Gasteiger partial charge in [-0.15, -0.1) is 0 Å². The van der Waals surface area contributed by atoms with Crippen LogP contribution in [0.3, 0.4) is 0 Å². The molecule has 0 N–H and O–H groups in total. The molecule has 0 aliphatic heterocycles. The van der Waals surface area contributed by atoms with Gasteiger partial charge in [-0.05, 0) is 25.0 Å². The van der Waals surface area contributed by atoms with E-state index < -0.39 is 30.0 Å². The van der Waals surface area contributed by atoms with Crippen LogP contribution in [0.1, 0.15) is 30.7 Å². The molecule has 27 heavy (non-hydrogen) atoms. The van der Waals surface area contributed by atoms with E-state index in [4.69, 9.17) is 9.47 Å². The molecule has 0 unspecified atom stereocenters. The highest BCUT2D eigenvalue weighted by molar-refractivity contribution is 5.72. The number of hydrogen-bond donors (Lipinski definition) is 0. The molecule has 0 bridgehead atoms. The maximum absolute atomic E-state index is 13.0. The fourth-order valence-corrected chi connectivity index (χ4v) is 2.14. The number of carbonyl (C=O) groups excluding carboxylic acids is 1. The average molecular weight is 384 g/mol. The summed E-state index contributed by atoms with van der Waals surface area (Å²) in [6.45, 7) is 3.21. The van der Waals surface area contributed by atoms with Crippen molar-refractivity contribution in [1.29, 1.82) is 0 Å². The molecule has 6 nitrogen and oxygen atoms in total. The first-order valence-electron chi connectivity index (χ1n) is 8.08. The zero-order valence-corrected chi connectivity index (χ0v) is 15.0. The SMILES string of the molecule is COC(=O)Cc1ccccc1COc1cc(C(F)(F)F)nc(OC(C)C)n1. The third-order valence-corrected chi connectivity index (χ3v) is 3.37. The number of aromatic nitrogens is 2. The number of esters is 1. The van der Waals surface area contributed by atoms with Gasteiger partial charge in [0.2, 0.25) is 5.88 Å². The highest BCUT2D eigenvalue weighted by Crippen LogP contribution is 2.31. The minimum absolute atomic E-state index is 0.0231. The summed E-state index contributed by atoms with van der Waals surface area (Å²) in [6, 6.07) is 7.17. The number of halogens is 3. The molecule has 1 aromatic heterocycles. The standard InChI is InChI=1S/C18H19F3N2O4/c1-11(2)27-17-22-14(18(19,20)21)9-15(23-17)26-10-13-7-5-4-6-12(13)8-16(24)25-3/h4-7,9,11H,8,10H2,1-3H3. The lowest BCUT2D eigenvalue weighted by Gasteiger charge is -2.14. The van der Waals surface area contributed by atoms with Crippen LogP contribution in [-0.4, -0.2) is 29.2 Å². The Morgan fingerprint density at radius 3 is 2.41 bits per heavy atom. The molecule has 0 radical (unpaired) electrons. The summed E-state index contributed by atoms with van der Waals surface area (Å²) < 4.78 is 54.4. The lowest BCUT2D eigenvalue weighted by molar-refractivity contribution is -0.142. The molecule has 0 atom stereocenters. The number of ether oxygens (including phenoxy) is 3. The normalized spacial score (nSPS) is 11.4. The first-order valence-corrected chi connectivity index (χ1v) is 8.08. The van der Waals surface area contributed by atoms with Crippen LogP contribution in [0, 0.1) is 0 Å². The maximum Gasteiger partial charge on any atom is 0.433 e. The molecule has 0 saturated heterocycles. The van der Waals surface area contributed by atoms with Crippen LogP contribution in [0.25, 0.3) is 0 Å². The molecular formula is C18H19F3N2O4. The summed E-state index contributed by atoms with van der Waals surface area (Å²) in [5.74, 6) is -0.711. The van der Waals surface area contributed by atoms with Crippen molar-refractivity contribution in [2.75, 3.05) is 7.11 Å². The second-order valence-electron chi connectivity index (χ2n) is 5.85. The van der Waals surface area contributed by atoms with Gasteiger partial charge in [-0.3, -0.25) is 4.79 Å². The van der Waals surface area contributed by atoms with Gasteiger partial charge < -0.3 is 14.2 Å². The first kappa shape index (κ1) is 20.5. The first-order chi connectivity index (χ1) is 12.7. The molecule has 9 heteroatoms. The number of carbonyl (C=O) groups is 1. The molecule has 0 aliphatic carbocycles. The van der Waals surface area contributed by atoms with Crippen molar-refractivity contribution in [2.45, 2.75) is 39.2 Å². The average Bonchev–Trinajstić information content (AvgIpc) is 2.59. The molecule has 0 saturated carbocycles. The van der Waals surface area contributed by atoms with Crippen LogP contribution in [-0.2, 0) is 28.7 Å². The molecule has 0 amide bonds. The summed E-state index contributed by atoms with van der Waals surface area (Å²) in [6.07, 6.45) is -5.05. The predicted octanol–water partition coefficient (Wildman–Crippen LogP) is 3.58. The van der Waals surface area contributed by atoms with E-state index >= 15 is 0 Å². The molecule has 2 aromatic rings. The molecule has 1 heterocycles. The fraction of sp³-hybridized carbons (Fsp3) is 0.389. The van der Waals surface area contributed by atoms with Crippen molar-refractivity contribution < 1.29 is 32.2 Å². The predicted molar refractivity (Wildman–Crippen MR) is 89.3 cm³/mol. The van der Waals surface area contributed by atoms with E-state index in [1.165, 1.54) is 7.11 Å². The van der Waals surface area contributed by atoms with Crippen molar-refractivity contribution >= 4 is 5.97 Å². The molecular weight excluding hydrogens is 365 g/mol. The zero-order valence-electron chi connectivity index (χ0n) is 15.0. The molecule has 2 rings (SSSR count). The second kappa shape index (κ2) is 8.70. The summed E-state index contributed by atoms with van der Waals surface area (Å²) in [7, 11) is 1.28. The van der Waals surface area contributed by atoms with Gasteiger partial charge >= 0.3 is 18.2 Å². The lowest BCUT2D eigenvalue weighted by atomic mass is 10.1. The summed E-state index contributed by atoms with van der Waals surface area (Å²) in [5, 5.41) is 0. The van der Waals surface area contributed by atoms with Crippen LogP contribution in [0.5, 0.6) is 11.9 Å². The quantitative estimate of drug-likeness (QED) is 0.680. The van der Waals surface area contributed by atoms with Gasteiger partial charge in [0, 0.05) is 6.07 Å². The van der Waals surface area contributed by atoms with Crippen molar-refractivity contribution in [3.8, 4) is 11.9 Å². The highest BCUT2D eigenvalue weighted by atomic mass is 19.4. The number of rotatable bonds is 7. The van der Waals surface area contributed by atoms with E-state index in [0.29, 0.717) is 17.2 Å². The van der Waals surface area contributed by atoms with Gasteiger partial charge in [0.25, 0.3) is 0 Å². The van der Waals surface area contributed by atoms with Crippen LogP contribution in [0.15, 0.2) is 30.3 Å². The third-order valence-electron chi connectivity index (χ3n) is 3.37. The van der Waals surface area contributed by atoms with Crippen molar-refractivity contribution in [2.24, 2.45) is 0 Å². The summed E-state index contributed by atoms with van der Waals surface area (Å²) >= 11 is 0. The largest absolute Gasteiger partial charge is 0.473 e. The Balaban J connectivity index is 2.23. The van der Waals surface area contributed by atoms with Crippen molar-refractivity contribution in [3.05, 3.63) is 47.2 Å². The summed E-state index contributed by atoms with van der Waals surface area (Å²) in [4.78, 5) is 18.7. The van der Waals surface area contributed by atoms with E-state index in [1.807, 2.05) is 0 Å². The number of methoxy groups -OCH3 is 1. The molecule has 1 aromatic carbocycles. The minimum Gasteiger partial charge on any atom is -0.473 e. The number of benzene rings is 1. The van der Waals surface area contributed by atoms with Gasteiger partial charge in [-0.2, -0.15) is 23.1 Å². The van der Waals surface area contributed by atoms with E-state index in [2.05, 4.69) is 14.7 Å². The smallest absolute Gasteiger partial charge is 0.433 e. The molecule has 146 valence electrons. The molecule has 0 fully saturated rings. The van der Waals surface area contributed by atoms with E-state index in [0.717, 1.165) is 0 Å². The minimum atomic E-state index is -4.67. The zero-order chi connectivity index (χ0) is 20.0. The summed E-state index contributed by atoms with van der Waals surface area (Å²) in [5.41, 5.74) is 0.112. The lowest BCUT2D eigenvalue weighted by Crippen LogP contribution is -2.14. The Labute approximate surface area is 154 Å². The number of alkyl halides is 3. The Morgan fingerprint density at radius 2 is 1.81 bits per heavy atom. The van der Waals surface area contributed by atoms with Gasteiger partial charge in [0.05, 0.1) is 19.6 Å². The third kappa shape index (κ3) is 6.12. The van der Waals surface area contributed by atoms with E-state index in [1.54, 1.807) is 38.1 Å². The van der Waals surface area contributed by atoms with Crippen LogP contribution < -0.4 is 9.47 Å².